The number of nitrogen functional groups attached to an aromatic ring is 1. The Kier molecular flexibility index (Phi) is 6.53. The van der Waals surface area contributed by atoms with Crippen molar-refractivity contribution in [1.82, 2.24) is 5.32 Å². The minimum Gasteiger partial charge on any atom is -0.397 e. The third-order valence-corrected chi connectivity index (χ3v) is 2.80. The zero-order valence-electron chi connectivity index (χ0n) is 10.3. The van der Waals surface area contributed by atoms with Gasteiger partial charge in [0.25, 0.3) is 0 Å². The summed E-state index contributed by atoms with van der Waals surface area (Å²) in [5, 5.41) is 5.88. The SMILES string of the molecule is COCCNC(=O)CCNc1cc(Br)ccc1N. The number of anilines is 2. The van der Waals surface area contributed by atoms with E-state index in [1.54, 1.807) is 7.11 Å². The quantitative estimate of drug-likeness (QED) is 0.527. The highest BCUT2D eigenvalue weighted by atomic mass is 79.9. The van der Waals surface area contributed by atoms with Gasteiger partial charge in [0.05, 0.1) is 18.0 Å². The summed E-state index contributed by atoms with van der Waals surface area (Å²) in [6.45, 7) is 1.60. The molecule has 0 radical (unpaired) electrons. The number of methoxy groups -OCH3 is 1. The fourth-order valence-electron chi connectivity index (χ4n) is 1.37. The first-order valence-electron chi connectivity index (χ1n) is 5.68. The van der Waals surface area contributed by atoms with Gasteiger partial charge in [-0.05, 0) is 18.2 Å². The van der Waals surface area contributed by atoms with Gasteiger partial charge >= 0.3 is 0 Å². The Balaban J connectivity index is 2.28. The van der Waals surface area contributed by atoms with Gasteiger partial charge in [-0.25, -0.2) is 0 Å². The van der Waals surface area contributed by atoms with Gasteiger partial charge in [-0.15, -0.1) is 0 Å². The topological polar surface area (TPSA) is 76.4 Å². The van der Waals surface area contributed by atoms with E-state index in [2.05, 4.69) is 26.6 Å². The molecule has 5 nitrogen and oxygen atoms in total. The molecule has 1 amide bonds. The third-order valence-electron chi connectivity index (χ3n) is 2.31. The predicted octanol–water partition coefficient (Wildman–Crippen LogP) is 1.60. The summed E-state index contributed by atoms with van der Waals surface area (Å²) in [5.41, 5.74) is 7.30. The molecule has 0 atom stereocenters. The number of carbonyl (C=O) groups excluding carboxylic acids is 1. The Morgan fingerprint density at radius 3 is 2.94 bits per heavy atom. The van der Waals surface area contributed by atoms with Crippen molar-refractivity contribution in [2.45, 2.75) is 6.42 Å². The lowest BCUT2D eigenvalue weighted by Gasteiger charge is -2.10. The first-order chi connectivity index (χ1) is 8.63. The minimum atomic E-state index is -0.00637. The number of amides is 1. The first-order valence-corrected chi connectivity index (χ1v) is 6.47. The van der Waals surface area contributed by atoms with Crippen molar-refractivity contribution in [2.24, 2.45) is 0 Å². The van der Waals surface area contributed by atoms with Crippen LogP contribution in [-0.2, 0) is 9.53 Å². The van der Waals surface area contributed by atoms with E-state index in [1.165, 1.54) is 0 Å². The van der Waals surface area contributed by atoms with E-state index in [1.807, 2.05) is 18.2 Å². The number of carbonyl (C=O) groups is 1. The molecule has 1 aromatic rings. The van der Waals surface area contributed by atoms with Crippen LogP contribution in [0.25, 0.3) is 0 Å². The highest BCUT2D eigenvalue weighted by molar-refractivity contribution is 9.10. The lowest BCUT2D eigenvalue weighted by molar-refractivity contribution is -0.121. The maximum absolute atomic E-state index is 11.4. The van der Waals surface area contributed by atoms with Gasteiger partial charge in [-0.2, -0.15) is 0 Å². The second-order valence-electron chi connectivity index (χ2n) is 3.75. The summed E-state index contributed by atoms with van der Waals surface area (Å²) >= 11 is 3.37. The number of nitrogens with one attached hydrogen (secondary N) is 2. The molecule has 0 spiro atoms. The standard InChI is InChI=1S/C12H18BrN3O2/c1-18-7-6-16-12(17)4-5-15-11-8-9(13)2-3-10(11)14/h2-3,8,15H,4-7,14H2,1H3,(H,16,17). The average Bonchev–Trinajstić information content (AvgIpc) is 2.34. The third kappa shape index (κ3) is 5.37. The molecule has 18 heavy (non-hydrogen) atoms. The molecule has 0 fully saturated rings. The minimum absolute atomic E-state index is 0.00637. The normalized spacial score (nSPS) is 10.1. The van der Waals surface area contributed by atoms with Crippen LogP contribution in [0.15, 0.2) is 22.7 Å². The maximum atomic E-state index is 11.4. The van der Waals surface area contributed by atoms with Crippen molar-refractivity contribution in [2.75, 3.05) is 37.9 Å². The van der Waals surface area contributed by atoms with Gasteiger partial charge in [0.1, 0.15) is 0 Å². The van der Waals surface area contributed by atoms with Gasteiger partial charge in [-0.1, -0.05) is 15.9 Å². The molecule has 0 aromatic heterocycles. The Bertz CT molecular complexity index is 399. The van der Waals surface area contributed by atoms with E-state index < -0.39 is 0 Å². The number of hydrogen-bond acceptors (Lipinski definition) is 4. The summed E-state index contributed by atoms with van der Waals surface area (Å²) in [6.07, 6.45) is 0.398. The molecule has 0 unspecified atom stereocenters. The molecule has 4 N–H and O–H groups in total. The summed E-state index contributed by atoms with van der Waals surface area (Å²) in [6, 6.07) is 5.57. The van der Waals surface area contributed by atoms with Crippen LogP contribution in [0.4, 0.5) is 11.4 Å². The molecule has 1 aromatic carbocycles. The number of nitrogens with two attached hydrogens (primary N) is 1. The van der Waals surface area contributed by atoms with Crippen LogP contribution in [0.1, 0.15) is 6.42 Å². The zero-order chi connectivity index (χ0) is 13.4. The van der Waals surface area contributed by atoms with E-state index >= 15 is 0 Å². The molecule has 0 saturated carbocycles. The van der Waals surface area contributed by atoms with Gasteiger partial charge in [-0.3, -0.25) is 4.79 Å². The van der Waals surface area contributed by atoms with E-state index in [0.717, 1.165) is 10.2 Å². The average molecular weight is 316 g/mol. The molecule has 0 bridgehead atoms. The van der Waals surface area contributed by atoms with Crippen LogP contribution < -0.4 is 16.4 Å². The van der Waals surface area contributed by atoms with Gasteiger partial charge < -0.3 is 21.1 Å². The van der Waals surface area contributed by atoms with E-state index in [-0.39, 0.29) is 5.91 Å². The maximum Gasteiger partial charge on any atom is 0.221 e. The number of halogens is 1. The van der Waals surface area contributed by atoms with Crippen LogP contribution >= 0.6 is 15.9 Å². The molecule has 6 heteroatoms. The number of hydrogen-bond donors (Lipinski definition) is 3. The lowest BCUT2D eigenvalue weighted by atomic mass is 10.2. The van der Waals surface area contributed by atoms with Crippen molar-refractivity contribution in [3.63, 3.8) is 0 Å². The molecule has 1 rings (SSSR count). The molecule has 0 aliphatic carbocycles. The van der Waals surface area contributed by atoms with Crippen molar-refractivity contribution in [3.05, 3.63) is 22.7 Å². The van der Waals surface area contributed by atoms with Crippen molar-refractivity contribution in [3.8, 4) is 0 Å². The first kappa shape index (κ1) is 14.8. The van der Waals surface area contributed by atoms with Crippen molar-refractivity contribution >= 4 is 33.2 Å². The molecule has 100 valence electrons. The van der Waals surface area contributed by atoms with Crippen LogP contribution in [0.2, 0.25) is 0 Å². The van der Waals surface area contributed by atoms with E-state index in [0.29, 0.717) is 31.8 Å². The molecular weight excluding hydrogens is 298 g/mol. The Hall–Kier alpha value is -1.27. The summed E-state index contributed by atoms with van der Waals surface area (Å²) in [4.78, 5) is 11.4. The Morgan fingerprint density at radius 1 is 1.44 bits per heavy atom. The Morgan fingerprint density at radius 2 is 2.22 bits per heavy atom. The fraction of sp³-hybridized carbons (Fsp3) is 0.417. The van der Waals surface area contributed by atoms with E-state index in [9.17, 15) is 4.79 Å². The molecule has 0 heterocycles. The van der Waals surface area contributed by atoms with Gasteiger partial charge in [0.15, 0.2) is 0 Å². The molecular formula is C12H18BrN3O2. The number of benzene rings is 1. The number of ether oxygens (including phenoxy) is 1. The lowest BCUT2D eigenvalue weighted by Crippen LogP contribution is -2.28. The zero-order valence-corrected chi connectivity index (χ0v) is 11.9. The highest BCUT2D eigenvalue weighted by Crippen LogP contribution is 2.22. The second-order valence-corrected chi connectivity index (χ2v) is 4.67. The summed E-state index contributed by atoms with van der Waals surface area (Å²) in [5.74, 6) is -0.00637. The van der Waals surface area contributed by atoms with Crippen molar-refractivity contribution < 1.29 is 9.53 Å². The van der Waals surface area contributed by atoms with Crippen LogP contribution in [0.3, 0.4) is 0 Å². The van der Waals surface area contributed by atoms with Crippen molar-refractivity contribution in [1.29, 1.82) is 0 Å². The predicted molar refractivity (Wildman–Crippen MR) is 76.5 cm³/mol. The molecule has 0 aliphatic rings. The summed E-state index contributed by atoms with van der Waals surface area (Å²) in [7, 11) is 1.60. The molecule has 0 saturated heterocycles. The van der Waals surface area contributed by atoms with Gasteiger partial charge in [0.2, 0.25) is 5.91 Å². The monoisotopic (exact) mass is 315 g/mol. The summed E-state index contributed by atoms with van der Waals surface area (Å²) < 4.78 is 5.79. The fourth-order valence-corrected chi connectivity index (χ4v) is 1.73. The largest absolute Gasteiger partial charge is 0.397 e. The van der Waals surface area contributed by atoms with Crippen LogP contribution in [-0.4, -0.2) is 32.7 Å². The van der Waals surface area contributed by atoms with E-state index in [4.69, 9.17) is 10.5 Å². The second kappa shape index (κ2) is 7.94. The Labute approximate surface area is 115 Å². The number of rotatable bonds is 7. The van der Waals surface area contributed by atoms with Crippen LogP contribution in [0.5, 0.6) is 0 Å². The molecule has 0 aliphatic heterocycles. The van der Waals surface area contributed by atoms with Gasteiger partial charge in [0, 0.05) is 31.1 Å². The highest BCUT2D eigenvalue weighted by Gasteiger charge is 2.02. The smallest absolute Gasteiger partial charge is 0.221 e. The van der Waals surface area contributed by atoms with Crippen LogP contribution in [0, 0.1) is 0 Å².